The van der Waals surface area contributed by atoms with Gasteiger partial charge < -0.3 is 30.3 Å². The van der Waals surface area contributed by atoms with Crippen molar-refractivity contribution in [2.75, 3.05) is 24.4 Å². The second-order valence-electron chi connectivity index (χ2n) is 6.44. The molecule has 10 nitrogen and oxygen atoms in total. The van der Waals surface area contributed by atoms with Gasteiger partial charge in [0.25, 0.3) is 5.91 Å². The fraction of sp³-hybridized carbons (Fsp3) is 0.143. The van der Waals surface area contributed by atoms with Crippen LogP contribution >= 0.6 is 0 Å². The van der Waals surface area contributed by atoms with Gasteiger partial charge in [-0.3, -0.25) is 4.79 Å². The lowest BCUT2D eigenvalue weighted by atomic mass is 10.1. The molecule has 0 radical (unpaired) electrons. The molecule has 0 saturated carbocycles. The first kappa shape index (κ1) is 22.4. The van der Waals surface area contributed by atoms with Gasteiger partial charge in [-0.2, -0.15) is 0 Å². The number of benzene rings is 2. The minimum atomic E-state index is -1.23. The van der Waals surface area contributed by atoms with E-state index in [1.807, 2.05) is 0 Å². The highest BCUT2D eigenvalue weighted by Gasteiger charge is 2.23. The number of hydrogen-bond acceptors (Lipinski definition) is 7. The molecule has 0 aliphatic heterocycles. The molecular weight excluding hydrogens is 423 g/mol. The van der Waals surface area contributed by atoms with Gasteiger partial charge in [-0.1, -0.05) is 29.4 Å². The predicted octanol–water partition coefficient (Wildman–Crippen LogP) is 2.39. The Balaban J connectivity index is 1.62. The van der Waals surface area contributed by atoms with E-state index in [1.165, 1.54) is 24.3 Å². The Kier molecular flexibility index (Phi) is 7.13. The van der Waals surface area contributed by atoms with Crippen molar-refractivity contribution in [3.63, 3.8) is 0 Å². The highest BCUT2D eigenvalue weighted by Crippen LogP contribution is 2.22. The number of aromatic nitrogens is 1. The average Bonchev–Trinajstić information content (AvgIpc) is 3.29. The molecule has 3 aromatic rings. The van der Waals surface area contributed by atoms with E-state index in [0.717, 1.165) is 7.11 Å². The van der Waals surface area contributed by atoms with Gasteiger partial charge in [-0.15, -0.1) is 0 Å². The van der Waals surface area contributed by atoms with E-state index in [0.29, 0.717) is 16.9 Å². The van der Waals surface area contributed by atoms with Crippen LogP contribution < -0.4 is 16.0 Å². The van der Waals surface area contributed by atoms with Gasteiger partial charge in [0.2, 0.25) is 5.76 Å². The number of ether oxygens (including phenoxy) is 1. The Morgan fingerprint density at radius 1 is 1.12 bits per heavy atom. The van der Waals surface area contributed by atoms with Crippen LogP contribution in [0.25, 0.3) is 11.3 Å². The first-order chi connectivity index (χ1) is 15.4. The number of para-hydroxylation sites is 1. The molecule has 0 aliphatic carbocycles. The number of aliphatic hydroxyl groups excluding tert-OH is 1. The third kappa shape index (κ3) is 5.46. The SMILES string of the molecule is COC(=O)[C@H](CO)NC(=O)c1cc(-c2ccc(NC(=O)Nc3ccccc3F)cc2)no1. The van der Waals surface area contributed by atoms with Crippen molar-refractivity contribution in [3.8, 4) is 11.3 Å². The van der Waals surface area contributed by atoms with E-state index in [4.69, 9.17) is 4.52 Å². The molecule has 0 bridgehead atoms. The number of esters is 1. The van der Waals surface area contributed by atoms with Crippen LogP contribution in [0.2, 0.25) is 0 Å². The van der Waals surface area contributed by atoms with Gasteiger partial charge in [0.05, 0.1) is 19.4 Å². The lowest BCUT2D eigenvalue weighted by Gasteiger charge is -2.12. The Morgan fingerprint density at radius 2 is 1.84 bits per heavy atom. The number of nitrogens with zero attached hydrogens (tertiary/aromatic N) is 1. The number of aliphatic hydroxyl groups is 1. The molecule has 4 N–H and O–H groups in total. The van der Waals surface area contributed by atoms with Crippen molar-refractivity contribution in [3.05, 3.63) is 66.2 Å². The summed E-state index contributed by atoms with van der Waals surface area (Å²) in [6, 6.07) is 11.7. The van der Waals surface area contributed by atoms with Gasteiger partial charge >= 0.3 is 12.0 Å². The molecule has 0 spiro atoms. The summed E-state index contributed by atoms with van der Waals surface area (Å²) in [4.78, 5) is 35.7. The van der Waals surface area contributed by atoms with Crippen LogP contribution in [-0.4, -0.2) is 47.9 Å². The molecular formula is C21H19FN4O6. The maximum absolute atomic E-state index is 13.6. The van der Waals surface area contributed by atoms with Gasteiger partial charge in [-0.05, 0) is 24.3 Å². The van der Waals surface area contributed by atoms with E-state index in [9.17, 15) is 23.9 Å². The molecule has 2 aromatic carbocycles. The molecule has 166 valence electrons. The maximum Gasteiger partial charge on any atom is 0.330 e. The Labute approximate surface area is 181 Å². The Bertz CT molecular complexity index is 1120. The minimum absolute atomic E-state index is 0.0469. The van der Waals surface area contributed by atoms with Crippen LogP contribution in [0.4, 0.5) is 20.6 Å². The summed E-state index contributed by atoms with van der Waals surface area (Å²) >= 11 is 0. The minimum Gasteiger partial charge on any atom is -0.467 e. The molecule has 11 heteroatoms. The van der Waals surface area contributed by atoms with Crippen molar-refractivity contribution in [2.24, 2.45) is 0 Å². The zero-order valence-electron chi connectivity index (χ0n) is 16.8. The summed E-state index contributed by atoms with van der Waals surface area (Å²) in [6.45, 7) is -0.641. The number of methoxy groups -OCH3 is 1. The Morgan fingerprint density at radius 3 is 2.50 bits per heavy atom. The molecule has 32 heavy (non-hydrogen) atoms. The van der Waals surface area contributed by atoms with E-state index < -0.39 is 36.4 Å². The van der Waals surface area contributed by atoms with Gasteiger partial charge in [0.1, 0.15) is 11.5 Å². The standard InChI is InChI=1S/C21H19FN4O6/c1-31-20(29)17(11-27)24-19(28)18-10-16(26-32-18)12-6-8-13(9-7-12)23-21(30)25-15-5-3-2-4-14(15)22/h2-10,17,27H,11H2,1H3,(H,24,28)(H2,23,25,30)/t17-/m0/s1. The fourth-order valence-electron chi connectivity index (χ4n) is 2.64. The predicted molar refractivity (Wildman–Crippen MR) is 111 cm³/mol. The average molecular weight is 442 g/mol. The lowest BCUT2D eigenvalue weighted by Crippen LogP contribution is -2.43. The first-order valence-electron chi connectivity index (χ1n) is 9.30. The third-order valence-electron chi connectivity index (χ3n) is 4.27. The number of amides is 3. The van der Waals surface area contributed by atoms with E-state index in [1.54, 1.807) is 30.3 Å². The van der Waals surface area contributed by atoms with Crippen LogP contribution in [0.1, 0.15) is 10.6 Å². The zero-order chi connectivity index (χ0) is 23.1. The summed E-state index contributed by atoms with van der Waals surface area (Å²) in [5.41, 5.74) is 1.40. The normalized spacial score (nSPS) is 11.3. The molecule has 3 amide bonds. The summed E-state index contributed by atoms with van der Waals surface area (Å²) in [6.07, 6.45) is 0. The number of halogens is 1. The number of carbonyl (C=O) groups is 3. The molecule has 1 atom stereocenters. The third-order valence-corrected chi connectivity index (χ3v) is 4.27. The van der Waals surface area contributed by atoms with Gasteiger partial charge in [0.15, 0.2) is 6.04 Å². The maximum atomic E-state index is 13.6. The monoisotopic (exact) mass is 442 g/mol. The summed E-state index contributed by atoms with van der Waals surface area (Å²) in [5.74, 6) is -2.28. The summed E-state index contributed by atoms with van der Waals surface area (Å²) in [5, 5.41) is 20.2. The first-order valence-corrected chi connectivity index (χ1v) is 9.30. The van der Waals surface area contributed by atoms with Gasteiger partial charge in [-0.25, -0.2) is 14.0 Å². The molecule has 0 aliphatic rings. The molecule has 0 fully saturated rings. The summed E-state index contributed by atoms with van der Waals surface area (Å²) in [7, 11) is 1.13. The second kappa shape index (κ2) is 10.2. The smallest absolute Gasteiger partial charge is 0.330 e. The van der Waals surface area contributed by atoms with E-state index >= 15 is 0 Å². The van der Waals surface area contributed by atoms with Crippen LogP contribution in [0, 0.1) is 5.82 Å². The highest BCUT2D eigenvalue weighted by molar-refractivity contribution is 6.00. The van der Waals surface area contributed by atoms with Crippen LogP contribution in [0.3, 0.4) is 0 Å². The van der Waals surface area contributed by atoms with Crippen LogP contribution in [-0.2, 0) is 9.53 Å². The number of anilines is 2. The highest BCUT2D eigenvalue weighted by atomic mass is 19.1. The fourth-order valence-corrected chi connectivity index (χ4v) is 2.64. The van der Waals surface area contributed by atoms with Crippen molar-refractivity contribution in [2.45, 2.75) is 6.04 Å². The zero-order valence-corrected chi connectivity index (χ0v) is 16.8. The van der Waals surface area contributed by atoms with Crippen LogP contribution in [0.5, 0.6) is 0 Å². The topological polar surface area (TPSA) is 143 Å². The molecule has 3 rings (SSSR count). The lowest BCUT2D eigenvalue weighted by molar-refractivity contribution is -0.143. The second-order valence-corrected chi connectivity index (χ2v) is 6.44. The number of hydrogen-bond donors (Lipinski definition) is 4. The number of carbonyl (C=O) groups excluding carboxylic acids is 3. The van der Waals surface area contributed by atoms with Crippen molar-refractivity contribution in [1.29, 1.82) is 0 Å². The van der Waals surface area contributed by atoms with Gasteiger partial charge in [0, 0.05) is 17.3 Å². The van der Waals surface area contributed by atoms with E-state index in [-0.39, 0.29) is 11.4 Å². The largest absolute Gasteiger partial charge is 0.467 e. The van der Waals surface area contributed by atoms with E-state index in [2.05, 4.69) is 25.8 Å². The molecule has 1 aromatic heterocycles. The van der Waals surface area contributed by atoms with Crippen LogP contribution in [0.15, 0.2) is 59.1 Å². The van der Waals surface area contributed by atoms with Crippen molar-refractivity contribution >= 4 is 29.3 Å². The number of rotatable bonds is 7. The molecule has 0 unspecified atom stereocenters. The molecule has 1 heterocycles. The number of urea groups is 1. The quantitative estimate of drug-likeness (QED) is 0.412. The van der Waals surface area contributed by atoms with Crippen molar-refractivity contribution in [1.82, 2.24) is 10.5 Å². The summed E-state index contributed by atoms with van der Waals surface area (Å²) < 4.78 is 23.1. The number of nitrogens with one attached hydrogen (secondary N) is 3. The Hall–Kier alpha value is -4.25. The molecule has 0 saturated heterocycles. The van der Waals surface area contributed by atoms with Crippen molar-refractivity contribution < 1.29 is 33.1 Å².